The Bertz CT molecular complexity index is 805. The van der Waals surface area contributed by atoms with Crippen LogP contribution < -0.4 is 15.4 Å². The van der Waals surface area contributed by atoms with Crippen molar-refractivity contribution in [1.82, 2.24) is 5.32 Å². The van der Waals surface area contributed by atoms with Crippen LogP contribution in [0.4, 0.5) is 5.69 Å². The van der Waals surface area contributed by atoms with Gasteiger partial charge in [0.25, 0.3) is 0 Å². The Kier molecular flexibility index (Phi) is 7.28. The summed E-state index contributed by atoms with van der Waals surface area (Å²) in [4.78, 5) is 24.4. The van der Waals surface area contributed by atoms with Gasteiger partial charge in [-0.3, -0.25) is 9.59 Å². The molecule has 0 aromatic heterocycles. The van der Waals surface area contributed by atoms with Crippen molar-refractivity contribution in [2.75, 3.05) is 5.32 Å². The molecule has 2 N–H and O–H groups in total. The molecule has 0 radical (unpaired) electrons. The van der Waals surface area contributed by atoms with Crippen molar-refractivity contribution >= 4 is 17.5 Å². The lowest BCUT2D eigenvalue weighted by Gasteiger charge is -2.34. The lowest BCUT2D eigenvalue weighted by Crippen LogP contribution is -2.43. The molecule has 154 valence electrons. The van der Waals surface area contributed by atoms with Crippen molar-refractivity contribution in [3.05, 3.63) is 54.6 Å². The van der Waals surface area contributed by atoms with E-state index in [-0.39, 0.29) is 30.7 Å². The first kappa shape index (κ1) is 20.9. The molecule has 0 heterocycles. The first-order valence-electron chi connectivity index (χ1n) is 10.4. The predicted molar refractivity (Wildman–Crippen MR) is 115 cm³/mol. The fourth-order valence-corrected chi connectivity index (χ4v) is 3.75. The quantitative estimate of drug-likeness (QED) is 0.683. The maximum Gasteiger partial charge on any atom is 0.224 e. The molecule has 5 nitrogen and oxygen atoms in total. The van der Waals surface area contributed by atoms with Crippen molar-refractivity contribution in [2.45, 2.75) is 52.0 Å². The van der Waals surface area contributed by atoms with Gasteiger partial charge in [0.05, 0.1) is 0 Å². The highest BCUT2D eigenvalue weighted by Crippen LogP contribution is 2.29. The zero-order valence-electron chi connectivity index (χ0n) is 17.2. The van der Waals surface area contributed by atoms with E-state index < -0.39 is 0 Å². The molecule has 29 heavy (non-hydrogen) atoms. The molecule has 2 aromatic carbocycles. The summed E-state index contributed by atoms with van der Waals surface area (Å²) in [6.45, 7) is 4.44. The molecule has 1 aliphatic rings. The average Bonchev–Trinajstić information content (AvgIpc) is 2.72. The summed E-state index contributed by atoms with van der Waals surface area (Å²) >= 11 is 0. The lowest BCUT2D eigenvalue weighted by atomic mass is 9.78. The monoisotopic (exact) mass is 394 g/mol. The van der Waals surface area contributed by atoms with Crippen LogP contribution in [0, 0.1) is 11.8 Å². The van der Waals surface area contributed by atoms with Crippen molar-refractivity contribution in [3.8, 4) is 11.5 Å². The maximum atomic E-state index is 12.2. The number of benzene rings is 2. The molecule has 1 saturated carbocycles. The third-order valence-corrected chi connectivity index (χ3v) is 5.75. The minimum Gasteiger partial charge on any atom is -0.457 e. The van der Waals surface area contributed by atoms with Crippen molar-refractivity contribution < 1.29 is 14.3 Å². The van der Waals surface area contributed by atoms with Crippen LogP contribution in [0.5, 0.6) is 11.5 Å². The minimum atomic E-state index is -0.165. The third-order valence-electron chi connectivity index (χ3n) is 5.75. The summed E-state index contributed by atoms with van der Waals surface area (Å²) in [5, 5.41) is 5.95. The second kappa shape index (κ2) is 10.1. The van der Waals surface area contributed by atoms with E-state index in [4.69, 9.17) is 4.74 Å². The Morgan fingerprint density at radius 1 is 0.897 bits per heavy atom. The predicted octanol–water partition coefficient (Wildman–Crippen LogP) is 5.14. The minimum absolute atomic E-state index is 0.0438. The van der Waals surface area contributed by atoms with Crippen LogP contribution in [0.3, 0.4) is 0 Å². The number of amides is 2. The first-order chi connectivity index (χ1) is 14.0. The van der Waals surface area contributed by atoms with Crippen LogP contribution in [0.1, 0.15) is 46.0 Å². The Morgan fingerprint density at radius 3 is 2.28 bits per heavy atom. The molecule has 5 heteroatoms. The molecule has 1 aliphatic carbocycles. The SMILES string of the molecule is C[C@@H]1[C@H](C)CCC[C@H]1NC(=O)CCC(=O)Nc1ccc(Oc2ccccc2)cc1. The summed E-state index contributed by atoms with van der Waals surface area (Å²) in [6.07, 6.45) is 3.79. The summed E-state index contributed by atoms with van der Waals surface area (Å²) in [6, 6.07) is 17.0. The molecule has 2 amide bonds. The highest BCUT2D eigenvalue weighted by Gasteiger charge is 2.28. The van der Waals surface area contributed by atoms with Crippen molar-refractivity contribution in [1.29, 1.82) is 0 Å². The lowest BCUT2D eigenvalue weighted by molar-refractivity contribution is -0.125. The highest BCUT2D eigenvalue weighted by molar-refractivity contribution is 5.93. The summed E-state index contributed by atoms with van der Waals surface area (Å²) in [5.74, 6) is 2.37. The molecule has 0 spiro atoms. The zero-order chi connectivity index (χ0) is 20.6. The largest absolute Gasteiger partial charge is 0.457 e. The number of anilines is 1. The number of nitrogens with one attached hydrogen (secondary N) is 2. The van der Waals surface area contributed by atoms with E-state index in [1.165, 1.54) is 6.42 Å². The van der Waals surface area contributed by atoms with Gasteiger partial charge in [-0.1, -0.05) is 44.9 Å². The summed E-state index contributed by atoms with van der Waals surface area (Å²) in [5.41, 5.74) is 0.686. The second-order valence-electron chi connectivity index (χ2n) is 7.93. The summed E-state index contributed by atoms with van der Waals surface area (Å²) < 4.78 is 5.74. The molecular formula is C24H30N2O3. The number of ether oxygens (including phenoxy) is 1. The van der Waals surface area contributed by atoms with Gasteiger partial charge < -0.3 is 15.4 Å². The Morgan fingerprint density at radius 2 is 1.55 bits per heavy atom. The number of hydrogen-bond acceptors (Lipinski definition) is 3. The maximum absolute atomic E-state index is 12.2. The Labute approximate surface area is 172 Å². The number of carbonyl (C=O) groups is 2. The molecule has 1 fully saturated rings. The first-order valence-corrected chi connectivity index (χ1v) is 10.4. The van der Waals surface area contributed by atoms with Gasteiger partial charge in [0.2, 0.25) is 11.8 Å². The fraction of sp³-hybridized carbons (Fsp3) is 0.417. The molecule has 3 atom stereocenters. The van der Waals surface area contributed by atoms with Crippen LogP contribution >= 0.6 is 0 Å². The van der Waals surface area contributed by atoms with E-state index in [1.807, 2.05) is 30.3 Å². The van der Waals surface area contributed by atoms with Crippen LogP contribution in [0.2, 0.25) is 0 Å². The molecule has 2 aromatic rings. The Balaban J connectivity index is 1.41. The fourth-order valence-electron chi connectivity index (χ4n) is 3.75. The van der Waals surface area contributed by atoms with E-state index in [0.29, 0.717) is 23.3 Å². The van der Waals surface area contributed by atoms with Crippen LogP contribution in [0.25, 0.3) is 0 Å². The van der Waals surface area contributed by atoms with E-state index in [0.717, 1.165) is 18.6 Å². The van der Waals surface area contributed by atoms with E-state index in [9.17, 15) is 9.59 Å². The van der Waals surface area contributed by atoms with E-state index in [1.54, 1.807) is 24.3 Å². The van der Waals surface area contributed by atoms with E-state index >= 15 is 0 Å². The number of carbonyl (C=O) groups excluding carboxylic acids is 2. The summed E-state index contributed by atoms with van der Waals surface area (Å²) in [7, 11) is 0. The molecule has 0 unspecified atom stereocenters. The molecule has 0 saturated heterocycles. The molecule has 0 bridgehead atoms. The number of hydrogen-bond donors (Lipinski definition) is 2. The van der Waals surface area contributed by atoms with Gasteiger partial charge >= 0.3 is 0 Å². The van der Waals surface area contributed by atoms with Crippen LogP contribution in [-0.4, -0.2) is 17.9 Å². The van der Waals surface area contributed by atoms with Crippen LogP contribution in [-0.2, 0) is 9.59 Å². The third kappa shape index (κ3) is 6.34. The van der Waals surface area contributed by atoms with Gasteiger partial charge in [0.1, 0.15) is 11.5 Å². The number of rotatable bonds is 7. The van der Waals surface area contributed by atoms with Crippen molar-refractivity contribution in [3.63, 3.8) is 0 Å². The van der Waals surface area contributed by atoms with Gasteiger partial charge in [-0.25, -0.2) is 0 Å². The van der Waals surface area contributed by atoms with Crippen molar-refractivity contribution in [2.24, 2.45) is 11.8 Å². The molecule has 0 aliphatic heterocycles. The second-order valence-corrected chi connectivity index (χ2v) is 7.93. The smallest absolute Gasteiger partial charge is 0.224 e. The van der Waals surface area contributed by atoms with Gasteiger partial charge in [-0.2, -0.15) is 0 Å². The normalized spacial score (nSPS) is 21.2. The van der Waals surface area contributed by atoms with Gasteiger partial charge in [0.15, 0.2) is 0 Å². The highest BCUT2D eigenvalue weighted by atomic mass is 16.5. The Hall–Kier alpha value is -2.82. The van der Waals surface area contributed by atoms with Crippen LogP contribution in [0.15, 0.2) is 54.6 Å². The van der Waals surface area contributed by atoms with E-state index in [2.05, 4.69) is 24.5 Å². The van der Waals surface area contributed by atoms with Gasteiger partial charge in [-0.15, -0.1) is 0 Å². The molecular weight excluding hydrogens is 364 g/mol. The standard InChI is InChI=1S/C24H30N2O3/c1-17-7-6-10-22(18(17)2)26-24(28)16-15-23(27)25-19-11-13-21(14-12-19)29-20-8-4-3-5-9-20/h3-5,8-9,11-14,17-18,22H,6-7,10,15-16H2,1-2H3,(H,25,27)(H,26,28)/t17-,18-,22-/m1/s1. The number of para-hydroxylation sites is 1. The van der Waals surface area contributed by atoms with Gasteiger partial charge in [-0.05, 0) is 54.7 Å². The van der Waals surface area contributed by atoms with Gasteiger partial charge in [0, 0.05) is 24.6 Å². The topological polar surface area (TPSA) is 67.4 Å². The average molecular weight is 395 g/mol. The zero-order valence-corrected chi connectivity index (χ0v) is 17.2. The molecule has 3 rings (SSSR count).